The summed E-state index contributed by atoms with van der Waals surface area (Å²) in [5.41, 5.74) is 2.48. The Morgan fingerprint density at radius 3 is 2.96 bits per heavy atom. The predicted molar refractivity (Wildman–Crippen MR) is 91.3 cm³/mol. The lowest BCUT2D eigenvalue weighted by Gasteiger charge is -2.35. The lowest BCUT2D eigenvalue weighted by Crippen LogP contribution is -2.56. The van der Waals surface area contributed by atoms with Gasteiger partial charge in [-0.3, -0.25) is 0 Å². The van der Waals surface area contributed by atoms with Gasteiger partial charge in [0.25, 0.3) is 0 Å². The van der Waals surface area contributed by atoms with Gasteiger partial charge in [-0.25, -0.2) is 5.16 Å². The number of hydrogen-bond donors (Lipinski definition) is 2. The van der Waals surface area contributed by atoms with E-state index in [1.165, 1.54) is 16.3 Å². The van der Waals surface area contributed by atoms with Crippen LogP contribution in [0.3, 0.4) is 0 Å². The van der Waals surface area contributed by atoms with Gasteiger partial charge >= 0.3 is 0 Å². The monoisotopic (exact) mass is 332 g/mol. The van der Waals surface area contributed by atoms with Gasteiger partial charge in [0.05, 0.1) is 18.6 Å². The summed E-state index contributed by atoms with van der Waals surface area (Å²) in [7, 11) is 3.84. The molecule has 3 atom stereocenters. The number of hydrogen-bond acceptors (Lipinski definition) is 5. The number of nitrogens with one attached hydrogen (secondary N) is 1. The summed E-state index contributed by atoms with van der Waals surface area (Å²) in [6.07, 6.45) is 5.38. The molecule has 0 unspecified atom stereocenters. The quantitative estimate of drug-likeness (QED) is 0.330. The van der Waals surface area contributed by atoms with Gasteiger partial charge in [-0.05, 0) is 31.6 Å². The second-order valence-corrected chi connectivity index (χ2v) is 6.57. The van der Waals surface area contributed by atoms with E-state index in [1.807, 2.05) is 12.1 Å². The van der Waals surface area contributed by atoms with Gasteiger partial charge in [0, 0.05) is 18.5 Å². The highest BCUT2D eigenvalue weighted by molar-refractivity contribution is 5.60. The summed E-state index contributed by atoms with van der Waals surface area (Å²) in [4.78, 5) is 2.35. The Hall–Kier alpha value is -2.05. The summed E-state index contributed by atoms with van der Waals surface area (Å²) >= 11 is 0. The minimum atomic E-state index is -0.412. The molecule has 2 aliphatic heterocycles. The van der Waals surface area contributed by atoms with Crippen LogP contribution in [-0.2, 0) is 12.0 Å². The van der Waals surface area contributed by atoms with Crippen molar-refractivity contribution in [1.29, 1.82) is 0 Å². The topological polar surface area (TPSA) is 79.0 Å². The number of rotatable bonds is 1. The van der Waals surface area contributed by atoms with E-state index in [0.29, 0.717) is 6.42 Å². The zero-order chi connectivity index (χ0) is 17.3. The van der Waals surface area contributed by atoms with Crippen molar-refractivity contribution in [3.63, 3.8) is 0 Å². The van der Waals surface area contributed by atoms with E-state index in [2.05, 4.69) is 30.8 Å². The molecule has 0 amide bonds. The average Bonchev–Trinajstić information content (AvgIpc) is 2.81. The third-order valence-corrected chi connectivity index (χ3v) is 5.15. The van der Waals surface area contributed by atoms with Crippen LogP contribution in [0.15, 0.2) is 24.3 Å². The van der Waals surface area contributed by atoms with Crippen molar-refractivity contribution in [3.8, 4) is 11.5 Å². The van der Waals surface area contributed by atoms with E-state index in [1.54, 1.807) is 7.11 Å². The summed E-state index contributed by atoms with van der Waals surface area (Å²) < 4.78 is 11.8. The molecule has 1 aromatic carbocycles. The zero-order valence-corrected chi connectivity index (χ0v) is 14.1. The van der Waals surface area contributed by atoms with Crippen LogP contribution >= 0.6 is 0 Å². The summed E-state index contributed by atoms with van der Waals surface area (Å²) in [6.45, 7) is 4.64. The fraction of sp³-hybridized carbons (Fsp3) is 0.500. The van der Waals surface area contributed by atoms with Crippen molar-refractivity contribution in [2.45, 2.75) is 37.0 Å². The fourth-order valence-corrected chi connectivity index (χ4v) is 4.08. The molecule has 2 heterocycles. The van der Waals surface area contributed by atoms with Gasteiger partial charge < -0.3 is 24.7 Å². The summed E-state index contributed by atoms with van der Waals surface area (Å²) in [6, 6.07) is 4.16. The smallest absolute Gasteiger partial charge is 0.166 e. The molecule has 2 N–H and O–H groups in total. The van der Waals surface area contributed by atoms with Gasteiger partial charge in [0.15, 0.2) is 11.5 Å². The fourth-order valence-electron chi connectivity index (χ4n) is 4.08. The third kappa shape index (κ3) is 2.56. The van der Waals surface area contributed by atoms with Gasteiger partial charge in [0.2, 0.25) is 0 Å². The molecule has 0 fully saturated rings. The van der Waals surface area contributed by atoms with Gasteiger partial charge in [-0.15, -0.1) is 0 Å². The molecule has 4 rings (SSSR count). The molecular weight excluding hydrogens is 308 g/mol. The molecule has 0 aromatic heterocycles. The van der Waals surface area contributed by atoms with Gasteiger partial charge in [-0.2, -0.15) is 0 Å². The van der Waals surface area contributed by atoms with Crippen molar-refractivity contribution >= 4 is 6.72 Å². The first-order chi connectivity index (χ1) is 11.6. The SMILES string of the molecule is C=[NH+][O-].COc1ccc2c3c1O[C@H]1C[C@@H](O)C=C[C@@]31CCN(C)C2. The van der Waals surface area contributed by atoms with Crippen LogP contribution in [0.5, 0.6) is 11.5 Å². The molecule has 0 saturated heterocycles. The number of aliphatic hydroxyl groups excluding tert-OH is 1. The largest absolute Gasteiger partial charge is 0.626 e. The summed E-state index contributed by atoms with van der Waals surface area (Å²) in [5.74, 6) is 1.68. The van der Waals surface area contributed by atoms with Crippen molar-refractivity contribution in [2.75, 3.05) is 20.7 Å². The minimum absolute atomic E-state index is 0.00838. The third-order valence-electron chi connectivity index (χ3n) is 5.15. The van der Waals surface area contributed by atoms with E-state index in [9.17, 15) is 5.11 Å². The second-order valence-electron chi connectivity index (χ2n) is 6.57. The Kier molecular flexibility index (Phi) is 4.51. The molecule has 1 aromatic rings. The van der Waals surface area contributed by atoms with Gasteiger partial charge in [0.1, 0.15) is 12.8 Å². The maximum Gasteiger partial charge on any atom is 0.166 e. The lowest BCUT2D eigenvalue weighted by molar-refractivity contribution is -0.361. The maximum absolute atomic E-state index is 9.97. The van der Waals surface area contributed by atoms with Gasteiger partial charge in [-0.1, -0.05) is 18.2 Å². The van der Waals surface area contributed by atoms with Crippen LogP contribution in [0, 0.1) is 5.21 Å². The van der Waals surface area contributed by atoms with Crippen LogP contribution in [-0.4, -0.2) is 49.6 Å². The molecule has 0 saturated carbocycles. The maximum atomic E-state index is 9.97. The number of methoxy groups -OCH3 is 1. The van der Waals surface area contributed by atoms with Crippen LogP contribution in [0.4, 0.5) is 0 Å². The molecule has 1 spiro atoms. The molecule has 0 bridgehead atoms. The molecule has 6 nitrogen and oxygen atoms in total. The van der Waals surface area contributed by atoms with E-state index >= 15 is 0 Å². The Morgan fingerprint density at radius 2 is 2.25 bits per heavy atom. The normalized spacial score (nSPS) is 30.1. The van der Waals surface area contributed by atoms with Crippen LogP contribution in [0.25, 0.3) is 0 Å². The minimum Gasteiger partial charge on any atom is -0.626 e. The van der Waals surface area contributed by atoms with Crippen molar-refractivity contribution < 1.29 is 19.7 Å². The number of nitrogens with zero attached hydrogens (tertiary/aromatic N) is 1. The Balaban J connectivity index is 0.000000526. The van der Waals surface area contributed by atoms with E-state index in [4.69, 9.17) is 14.7 Å². The Labute approximate surface area is 142 Å². The molecule has 130 valence electrons. The van der Waals surface area contributed by atoms with E-state index < -0.39 is 6.10 Å². The second kappa shape index (κ2) is 6.45. The number of ether oxygens (including phenoxy) is 2. The zero-order valence-electron chi connectivity index (χ0n) is 14.1. The molecule has 3 aliphatic rings. The Morgan fingerprint density at radius 1 is 1.50 bits per heavy atom. The van der Waals surface area contributed by atoms with E-state index in [0.717, 1.165) is 31.0 Å². The average molecular weight is 332 g/mol. The van der Waals surface area contributed by atoms with Crippen molar-refractivity contribution in [1.82, 2.24) is 4.90 Å². The van der Waals surface area contributed by atoms with Crippen molar-refractivity contribution in [2.24, 2.45) is 0 Å². The highest BCUT2D eigenvalue weighted by Crippen LogP contribution is 2.55. The highest BCUT2D eigenvalue weighted by atomic mass is 16.5. The molecule has 6 heteroatoms. The number of aliphatic hydroxyl groups is 1. The lowest BCUT2D eigenvalue weighted by atomic mass is 9.69. The molecule has 0 radical (unpaired) electrons. The molecular formula is C18H24N2O4. The molecule has 24 heavy (non-hydrogen) atoms. The first-order valence-corrected chi connectivity index (χ1v) is 8.13. The number of benzene rings is 1. The van der Waals surface area contributed by atoms with E-state index in [-0.39, 0.29) is 11.5 Å². The highest BCUT2D eigenvalue weighted by Gasteiger charge is 2.52. The van der Waals surface area contributed by atoms with Crippen LogP contribution < -0.4 is 14.6 Å². The van der Waals surface area contributed by atoms with Crippen LogP contribution in [0.1, 0.15) is 24.0 Å². The van der Waals surface area contributed by atoms with Crippen molar-refractivity contribution in [3.05, 3.63) is 40.6 Å². The first-order valence-electron chi connectivity index (χ1n) is 8.13. The summed E-state index contributed by atoms with van der Waals surface area (Å²) in [5, 5.41) is 19.8. The standard InChI is InChI=1S/C17H21NO3.CH3NO/c1-18-8-7-17-6-5-12(19)9-14(17)21-16-13(20-2)4-3-11(10-18)15(16)17;1-2-3/h3-6,12,14,19H,7-10H2,1-2H3;2H,1H2/t12-,14-,17-;/m0./s1. The molecule has 1 aliphatic carbocycles. The Bertz CT molecular complexity index is 661. The van der Waals surface area contributed by atoms with Crippen LogP contribution in [0.2, 0.25) is 0 Å². The first kappa shape index (κ1) is 16.8. The predicted octanol–water partition coefficient (Wildman–Crippen LogP) is 0.116.